The molecular formula is C19H21N5O. The molecule has 0 bridgehead atoms. The summed E-state index contributed by atoms with van der Waals surface area (Å²) in [7, 11) is 0. The Labute approximate surface area is 146 Å². The van der Waals surface area contributed by atoms with Crippen molar-refractivity contribution in [3.8, 4) is 5.69 Å². The fourth-order valence-corrected chi connectivity index (χ4v) is 3.35. The third kappa shape index (κ3) is 3.47. The molecule has 1 aromatic carbocycles. The van der Waals surface area contributed by atoms with Crippen LogP contribution in [0.4, 0.5) is 0 Å². The fraction of sp³-hybridized carbons (Fsp3) is 0.316. The van der Waals surface area contributed by atoms with Gasteiger partial charge in [0.25, 0.3) is 0 Å². The third-order valence-corrected chi connectivity index (χ3v) is 4.66. The van der Waals surface area contributed by atoms with Gasteiger partial charge in [0.05, 0.1) is 24.3 Å². The summed E-state index contributed by atoms with van der Waals surface area (Å²) in [5, 5.41) is 8.69. The van der Waals surface area contributed by atoms with Crippen LogP contribution in [-0.4, -0.2) is 43.5 Å². The molecule has 3 aromatic rings. The second kappa shape index (κ2) is 6.93. The van der Waals surface area contributed by atoms with Crippen molar-refractivity contribution in [1.82, 2.24) is 24.5 Å². The summed E-state index contributed by atoms with van der Waals surface area (Å²) in [5.74, 6) is 0.157. The molecule has 0 radical (unpaired) electrons. The van der Waals surface area contributed by atoms with E-state index in [0.29, 0.717) is 6.42 Å². The van der Waals surface area contributed by atoms with Gasteiger partial charge in [-0.3, -0.25) is 9.48 Å². The zero-order valence-electron chi connectivity index (χ0n) is 14.0. The maximum Gasteiger partial charge on any atom is 0.227 e. The van der Waals surface area contributed by atoms with Gasteiger partial charge in [-0.25, -0.2) is 4.68 Å². The van der Waals surface area contributed by atoms with Gasteiger partial charge in [0.15, 0.2) is 0 Å². The van der Waals surface area contributed by atoms with Crippen molar-refractivity contribution < 1.29 is 4.79 Å². The van der Waals surface area contributed by atoms with Crippen LogP contribution in [0.15, 0.2) is 61.2 Å². The minimum atomic E-state index is 0.157. The first-order valence-electron chi connectivity index (χ1n) is 8.65. The molecular weight excluding hydrogens is 314 g/mol. The van der Waals surface area contributed by atoms with Crippen molar-refractivity contribution >= 4 is 5.91 Å². The summed E-state index contributed by atoms with van der Waals surface area (Å²) in [6, 6.07) is 12.1. The molecule has 1 aliphatic heterocycles. The van der Waals surface area contributed by atoms with Crippen LogP contribution in [0.25, 0.3) is 5.69 Å². The topological polar surface area (TPSA) is 56.0 Å². The maximum absolute atomic E-state index is 12.7. The first-order chi connectivity index (χ1) is 12.3. The molecule has 0 aliphatic carbocycles. The number of aromatic nitrogens is 4. The fourth-order valence-electron chi connectivity index (χ4n) is 3.35. The van der Waals surface area contributed by atoms with Gasteiger partial charge >= 0.3 is 0 Å². The summed E-state index contributed by atoms with van der Waals surface area (Å²) in [5.41, 5.74) is 1.94. The average Bonchev–Trinajstić information content (AvgIpc) is 3.35. The number of amides is 1. The van der Waals surface area contributed by atoms with Crippen molar-refractivity contribution in [3.63, 3.8) is 0 Å². The lowest BCUT2D eigenvalue weighted by molar-refractivity contribution is -0.132. The molecule has 0 unspecified atom stereocenters. The Bertz CT molecular complexity index is 825. The minimum Gasteiger partial charge on any atom is -0.340 e. The highest BCUT2D eigenvalue weighted by Gasteiger charge is 2.25. The van der Waals surface area contributed by atoms with Crippen LogP contribution >= 0.6 is 0 Å². The highest BCUT2D eigenvalue weighted by atomic mass is 16.2. The molecule has 3 heterocycles. The standard InChI is InChI=1S/C19H21N5O/c25-19(22-10-4-8-18(15-22)23-11-5-9-20-23)12-16-13-21-24(14-16)17-6-2-1-3-7-17/h1-3,5-7,9,11,13-14,18H,4,8,10,12,15H2/t18-/m1/s1. The molecule has 6 heteroatoms. The number of hydrogen-bond acceptors (Lipinski definition) is 3. The number of piperidine rings is 1. The van der Waals surface area contributed by atoms with Gasteiger partial charge in [-0.2, -0.15) is 10.2 Å². The van der Waals surface area contributed by atoms with Gasteiger partial charge in [-0.1, -0.05) is 18.2 Å². The highest BCUT2D eigenvalue weighted by Crippen LogP contribution is 2.21. The predicted molar refractivity (Wildman–Crippen MR) is 94.3 cm³/mol. The Morgan fingerprint density at radius 3 is 2.84 bits per heavy atom. The monoisotopic (exact) mass is 335 g/mol. The zero-order chi connectivity index (χ0) is 17.1. The number of benzene rings is 1. The van der Waals surface area contributed by atoms with Gasteiger partial charge in [0.2, 0.25) is 5.91 Å². The summed E-state index contributed by atoms with van der Waals surface area (Å²) in [4.78, 5) is 14.6. The van der Waals surface area contributed by atoms with Crippen LogP contribution in [-0.2, 0) is 11.2 Å². The van der Waals surface area contributed by atoms with Crippen molar-refractivity contribution in [2.75, 3.05) is 13.1 Å². The van der Waals surface area contributed by atoms with Gasteiger partial charge < -0.3 is 4.90 Å². The van der Waals surface area contributed by atoms with E-state index in [9.17, 15) is 4.79 Å². The summed E-state index contributed by atoms with van der Waals surface area (Å²) in [6.07, 6.45) is 9.94. The van der Waals surface area contributed by atoms with E-state index in [0.717, 1.165) is 37.2 Å². The number of rotatable bonds is 4. The molecule has 0 spiro atoms. The Kier molecular flexibility index (Phi) is 4.33. The molecule has 4 rings (SSSR count). The lowest BCUT2D eigenvalue weighted by atomic mass is 10.1. The van der Waals surface area contributed by atoms with E-state index in [-0.39, 0.29) is 11.9 Å². The number of para-hydroxylation sites is 1. The summed E-state index contributed by atoms with van der Waals surface area (Å²) in [6.45, 7) is 1.55. The Morgan fingerprint density at radius 1 is 1.16 bits per heavy atom. The Hall–Kier alpha value is -2.89. The van der Waals surface area contributed by atoms with E-state index < -0.39 is 0 Å². The molecule has 128 valence electrons. The summed E-state index contributed by atoms with van der Waals surface area (Å²) >= 11 is 0. The minimum absolute atomic E-state index is 0.157. The Morgan fingerprint density at radius 2 is 2.04 bits per heavy atom. The van der Waals surface area contributed by atoms with Crippen molar-refractivity contribution in [3.05, 3.63) is 66.7 Å². The zero-order valence-corrected chi connectivity index (χ0v) is 14.0. The summed E-state index contributed by atoms with van der Waals surface area (Å²) < 4.78 is 3.78. The smallest absolute Gasteiger partial charge is 0.227 e. The second-order valence-corrected chi connectivity index (χ2v) is 6.43. The molecule has 2 aromatic heterocycles. The van der Waals surface area contributed by atoms with E-state index in [1.807, 2.05) is 63.1 Å². The van der Waals surface area contributed by atoms with Crippen molar-refractivity contribution in [1.29, 1.82) is 0 Å². The molecule has 0 saturated carbocycles. The number of likely N-dealkylation sites (tertiary alicyclic amines) is 1. The highest BCUT2D eigenvalue weighted by molar-refractivity contribution is 5.78. The van der Waals surface area contributed by atoms with Crippen LogP contribution in [0, 0.1) is 0 Å². The van der Waals surface area contributed by atoms with E-state index in [2.05, 4.69) is 10.2 Å². The third-order valence-electron chi connectivity index (χ3n) is 4.66. The average molecular weight is 335 g/mol. The van der Waals surface area contributed by atoms with Gasteiger partial charge in [0.1, 0.15) is 0 Å². The largest absolute Gasteiger partial charge is 0.340 e. The number of carbonyl (C=O) groups is 1. The van der Waals surface area contributed by atoms with Crippen LogP contribution in [0.5, 0.6) is 0 Å². The van der Waals surface area contributed by atoms with E-state index in [1.54, 1.807) is 12.4 Å². The normalized spacial score (nSPS) is 17.6. The molecule has 1 fully saturated rings. The molecule has 1 aliphatic rings. The molecule has 1 saturated heterocycles. The number of hydrogen-bond donors (Lipinski definition) is 0. The lowest BCUT2D eigenvalue weighted by Crippen LogP contribution is -2.41. The molecule has 1 amide bonds. The molecule has 6 nitrogen and oxygen atoms in total. The first-order valence-corrected chi connectivity index (χ1v) is 8.65. The maximum atomic E-state index is 12.7. The van der Waals surface area contributed by atoms with E-state index in [1.165, 1.54) is 0 Å². The number of nitrogens with zero attached hydrogens (tertiary/aromatic N) is 5. The number of carbonyl (C=O) groups excluding carboxylic acids is 1. The Balaban J connectivity index is 1.41. The van der Waals surface area contributed by atoms with Gasteiger partial charge in [0, 0.05) is 31.7 Å². The molecule has 25 heavy (non-hydrogen) atoms. The molecule has 0 N–H and O–H groups in total. The van der Waals surface area contributed by atoms with Gasteiger partial charge in [-0.05, 0) is 36.6 Å². The predicted octanol–water partition coefficient (Wildman–Crippen LogP) is 2.48. The van der Waals surface area contributed by atoms with Crippen LogP contribution < -0.4 is 0 Å². The SMILES string of the molecule is O=C(Cc1cnn(-c2ccccc2)c1)N1CCC[C@@H](n2cccn2)C1. The van der Waals surface area contributed by atoms with Gasteiger partial charge in [-0.15, -0.1) is 0 Å². The second-order valence-electron chi connectivity index (χ2n) is 6.43. The van der Waals surface area contributed by atoms with Crippen molar-refractivity contribution in [2.24, 2.45) is 0 Å². The lowest BCUT2D eigenvalue weighted by Gasteiger charge is -2.32. The quantitative estimate of drug-likeness (QED) is 0.736. The van der Waals surface area contributed by atoms with Crippen LogP contribution in [0.3, 0.4) is 0 Å². The van der Waals surface area contributed by atoms with E-state index in [4.69, 9.17) is 0 Å². The first kappa shape index (κ1) is 15.6. The van der Waals surface area contributed by atoms with Crippen LogP contribution in [0.1, 0.15) is 24.4 Å². The van der Waals surface area contributed by atoms with E-state index >= 15 is 0 Å². The van der Waals surface area contributed by atoms with Crippen molar-refractivity contribution in [2.45, 2.75) is 25.3 Å². The van der Waals surface area contributed by atoms with Crippen LogP contribution in [0.2, 0.25) is 0 Å². The molecule has 1 atom stereocenters.